The van der Waals surface area contributed by atoms with Gasteiger partial charge < -0.3 is 19.7 Å². The van der Waals surface area contributed by atoms with Gasteiger partial charge in [-0.3, -0.25) is 9.89 Å². The molecule has 0 aromatic heterocycles. The van der Waals surface area contributed by atoms with Gasteiger partial charge in [-0.05, 0) is 5.56 Å². The van der Waals surface area contributed by atoms with Crippen molar-refractivity contribution >= 4 is 5.96 Å². The monoisotopic (exact) mass is 332 g/mol. The maximum Gasteiger partial charge on any atom is 0.193 e. The fraction of sp³-hybridized carbons (Fsp3) is 0.611. The van der Waals surface area contributed by atoms with Gasteiger partial charge in [-0.25, -0.2) is 0 Å². The normalized spacial score (nSPS) is 24.9. The first-order valence-corrected chi connectivity index (χ1v) is 8.66. The molecule has 0 spiro atoms. The van der Waals surface area contributed by atoms with E-state index in [4.69, 9.17) is 9.47 Å². The molecule has 2 heterocycles. The standard InChI is InChI=1S/C18H28N4O2/c1-19-18(20-8-10-23-2)22-13-16-17(14-22)24-11-9-21(16)12-15-6-4-3-5-7-15/h3-7,16-17H,8-14H2,1-2H3,(H,19,20). The summed E-state index contributed by atoms with van der Waals surface area (Å²) in [6.45, 7) is 6.05. The van der Waals surface area contributed by atoms with E-state index in [-0.39, 0.29) is 6.10 Å². The Labute approximate surface area is 144 Å². The zero-order chi connectivity index (χ0) is 16.8. The van der Waals surface area contributed by atoms with Crippen LogP contribution in [0, 0.1) is 0 Å². The van der Waals surface area contributed by atoms with E-state index in [0.717, 1.165) is 45.3 Å². The topological polar surface area (TPSA) is 49.3 Å². The van der Waals surface area contributed by atoms with Gasteiger partial charge in [-0.15, -0.1) is 0 Å². The van der Waals surface area contributed by atoms with Crippen LogP contribution in [0.2, 0.25) is 0 Å². The van der Waals surface area contributed by atoms with Crippen LogP contribution in [-0.4, -0.2) is 81.5 Å². The highest BCUT2D eigenvalue weighted by atomic mass is 16.5. The van der Waals surface area contributed by atoms with E-state index in [1.807, 2.05) is 7.05 Å². The van der Waals surface area contributed by atoms with Crippen LogP contribution in [0.25, 0.3) is 0 Å². The molecule has 2 aliphatic heterocycles. The highest BCUT2D eigenvalue weighted by Crippen LogP contribution is 2.24. The number of ether oxygens (including phenoxy) is 2. The first kappa shape index (κ1) is 17.2. The number of benzene rings is 1. The molecule has 6 heteroatoms. The average Bonchev–Trinajstić information content (AvgIpc) is 3.05. The Morgan fingerprint density at radius 3 is 2.92 bits per heavy atom. The fourth-order valence-corrected chi connectivity index (χ4v) is 3.54. The molecule has 2 aliphatic rings. The van der Waals surface area contributed by atoms with Crippen LogP contribution in [0.15, 0.2) is 35.3 Å². The molecule has 2 atom stereocenters. The van der Waals surface area contributed by atoms with Crippen molar-refractivity contribution in [3.63, 3.8) is 0 Å². The number of likely N-dealkylation sites (tertiary alicyclic amines) is 1. The number of aliphatic imine (C=N–C) groups is 1. The van der Waals surface area contributed by atoms with Crippen LogP contribution in [-0.2, 0) is 16.0 Å². The minimum absolute atomic E-state index is 0.253. The van der Waals surface area contributed by atoms with E-state index in [0.29, 0.717) is 12.6 Å². The molecule has 1 N–H and O–H groups in total. The minimum Gasteiger partial charge on any atom is -0.383 e. The van der Waals surface area contributed by atoms with Gasteiger partial charge in [0.1, 0.15) is 0 Å². The summed E-state index contributed by atoms with van der Waals surface area (Å²) in [5.74, 6) is 0.935. The number of nitrogens with zero attached hydrogens (tertiary/aromatic N) is 3. The first-order chi connectivity index (χ1) is 11.8. The van der Waals surface area contributed by atoms with E-state index in [1.165, 1.54) is 5.56 Å². The third-order valence-electron chi connectivity index (χ3n) is 4.75. The quantitative estimate of drug-likeness (QED) is 0.491. The van der Waals surface area contributed by atoms with Gasteiger partial charge in [0.15, 0.2) is 5.96 Å². The summed E-state index contributed by atoms with van der Waals surface area (Å²) in [4.78, 5) is 9.26. The molecule has 3 rings (SSSR count). The predicted molar refractivity (Wildman–Crippen MR) is 95.2 cm³/mol. The van der Waals surface area contributed by atoms with Crippen LogP contribution < -0.4 is 5.32 Å². The van der Waals surface area contributed by atoms with Crippen molar-refractivity contribution in [1.29, 1.82) is 0 Å². The molecular formula is C18H28N4O2. The van der Waals surface area contributed by atoms with E-state index in [2.05, 4.69) is 50.4 Å². The van der Waals surface area contributed by atoms with E-state index in [9.17, 15) is 0 Å². The molecule has 0 radical (unpaired) electrons. The number of morpholine rings is 1. The van der Waals surface area contributed by atoms with Crippen molar-refractivity contribution in [2.45, 2.75) is 18.7 Å². The summed E-state index contributed by atoms with van der Waals surface area (Å²) >= 11 is 0. The van der Waals surface area contributed by atoms with Crippen LogP contribution in [0.5, 0.6) is 0 Å². The van der Waals surface area contributed by atoms with Crippen molar-refractivity contribution in [2.75, 3.05) is 53.6 Å². The molecule has 24 heavy (non-hydrogen) atoms. The molecule has 0 amide bonds. The number of rotatable bonds is 5. The lowest BCUT2D eigenvalue weighted by Crippen LogP contribution is -2.50. The molecule has 2 unspecified atom stereocenters. The van der Waals surface area contributed by atoms with Crippen molar-refractivity contribution in [2.24, 2.45) is 4.99 Å². The molecule has 1 aromatic rings. The van der Waals surface area contributed by atoms with Crippen LogP contribution in [0.4, 0.5) is 0 Å². The molecule has 0 bridgehead atoms. The predicted octanol–water partition coefficient (Wildman–Crippen LogP) is 0.793. The minimum atomic E-state index is 0.253. The third-order valence-corrected chi connectivity index (χ3v) is 4.75. The summed E-state index contributed by atoms with van der Waals surface area (Å²) in [7, 11) is 3.55. The van der Waals surface area contributed by atoms with Gasteiger partial charge in [0, 0.05) is 46.9 Å². The Bertz CT molecular complexity index is 537. The van der Waals surface area contributed by atoms with Gasteiger partial charge in [0.25, 0.3) is 0 Å². The lowest BCUT2D eigenvalue weighted by atomic mass is 10.1. The molecule has 132 valence electrons. The Morgan fingerprint density at radius 2 is 2.17 bits per heavy atom. The Morgan fingerprint density at radius 1 is 1.33 bits per heavy atom. The Hall–Kier alpha value is -1.63. The summed E-state index contributed by atoms with van der Waals surface area (Å²) < 4.78 is 11.1. The number of hydrogen-bond acceptors (Lipinski definition) is 4. The van der Waals surface area contributed by atoms with Gasteiger partial charge in [-0.1, -0.05) is 30.3 Å². The summed E-state index contributed by atoms with van der Waals surface area (Å²) in [6.07, 6.45) is 0.253. The summed E-state index contributed by atoms with van der Waals surface area (Å²) in [5, 5.41) is 3.36. The SMILES string of the molecule is CN=C(NCCOC)N1CC2OCCN(Cc3ccccc3)C2C1. The van der Waals surface area contributed by atoms with Crippen molar-refractivity contribution in [3.05, 3.63) is 35.9 Å². The summed E-state index contributed by atoms with van der Waals surface area (Å²) in [5.41, 5.74) is 1.36. The van der Waals surface area contributed by atoms with E-state index < -0.39 is 0 Å². The molecule has 1 aromatic carbocycles. The number of methoxy groups -OCH3 is 1. The number of nitrogens with one attached hydrogen (secondary N) is 1. The highest BCUT2D eigenvalue weighted by Gasteiger charge is 2.41. The Balaban J connectivity index is 1.62. The van der Waals surface area contributed by atoms with Crippen molar-refractivity contribution < 1.29 is 9.47 Å². The van der Waals surface area contributed by atoms with E-state index in [1.54, 1.807) is 7.11 Å². The van der Waals surface area contributed by atoms with Crippen LogP contribution in [0.3, 0.4) is 0 Å². The van der Waals surface area contributed by atoms with Gasteiger partial charge >= 0.3 is 0 Å². The van der Waals surface area contributed by atoms with Crippen LogP contribution in [0.1, 0.15) is 5.56 Å². The molecule has 6 nitrogen and oxygen atoms in total. The van der Waals surface area contributed by atoms with Crippen molar-refractivity contribution in [1.82, 2.24) is 15.1 Å². The van der Waals surface area contributed by atoms with Gasteiger partial charge in [0.05, 0.1) is 25.4 Å². The zero-order valence-corrected chi connectivity index (χ0v) is 14.6. The zero-order valence-electron chi connectivity index (χ0n) is 14.6. The molecule has 0 aliphatic carbocycles. The summed E-state index contributed by atoms with van der Waals surface area (Å²) in [6, 6.07) is 11.1. The molecule has 0 saturated carbocycles. The second kappa shape index (κ2) is 8.46. The smallest absolute Gasteiger partial charge is 0.193 e. The number of hydrogen-bond donors (Lipinski definition) is 1. The van der Waals surface area contributed by atoms with Gasteiger partial charge in [0.2, 0.25) is 0 Å². The van der Waals surface area contributed by atoms with Crippen LogP contribution >= 0.6 is 0 Å². The fourth-order valence-electron chi connectivity index (χ4n) is 3.54. The third kappa shape index (κ3) is 4.06. The van der Waals surface area contributed by atoms with E-state index >= 15 is 0 Å². The Kier molecular flexibility index (Phi) is 6.07. The lowest BCUT2D eigenvalue weighted by molar-refractivity contribution is -0.0502. The largest absolute Gasteiger partial charge is 0.383 e. The second-order valence-corrected chi connectivity index (χ2v) is 6.30. The molecular weight excluding hydrogens is 304 g/mol. The average molecular weight is 332 g/mol. The molecule has 2 fully saturated rings. The van der Waals surface area contributed by atoms with Crippen molar-refractivity contribution in [3.8, 4) is 0 Å². The highest BCUT2D eigenvalue weighted by molar-refractivity contribution is 5.80. The molecule has 2 saturated heterocycles. The number of guanidine groups is 1. The lowest BCUT2D eigenvalue weighted by Gasteiger charge is -2.36. The van der Waals surface area contributed by atoms with Gasteiger partial charge in [-0.2, -0.15) is 0 Å². The number of fused-ring (bicyclic) bond motifs is 1. The first-order valence-electron chi connectivity index (χ1n) is 8.66. The maximum absolute atomic E-state index is 6.03. The second-order valence-electron chi connectivity index (χ2n) is 6.30. The maximum atomic E-state index is 6.03.